The maximum atomic E-state index is 4.21. The monoisotopic (exact) mass is 241 g/mol. The average Bonchev–Trinajstić information content (AvgIpc) is 2.65. The maximum absolute atomic E-state index is 4.21. The van der Waals surface area contributed by atoms with Gasteiger partial charge in [0.15, 0.2) is 0 Å². The van der Waals surface area contributed by atoms with Crippen molar-refractivity contribution in [1.29, 1.82) is 0 Å². The molecule has 0 atom stereocenters. The van der Waals surface area contributed by atoms with Crippen LogP contribution in [0.3, 0.4) is 0 Å². The van der Waals surface area contributed by atoms with Crippen LogP contribution in [0, 0.1) is 5.92 Å². The first-order valence-electron chi connectivity index (χ1n) is 6.24. The van der Waals surface area contributed by atoms with E-state index in [9.17, 15) is 0 Å². The van der Waals surface area contributed by atoms with Crippen molar-refractivity contribution in [2.24, 2.45) is 5.92 Å². The zero-order valence-electron chi connectivity index (χ0n) is 10.6. The predicted octanol–water partition coefficient (Wildman–Crippen LogP) is 2.67. The van der Waals surface area contributed by atoms with Crippen LogP contribution >= 0.6 is 11.3 Å². The Labute approximate surface area is 103 Å². The van der Waals surface area contributed by atoms with Gasteiger partial charge in [-0.2, -0.15) is 0 Å². The molecule has 0 unspecified atom stereocenters. The lowest BCUT2D eigenvalue weighted by atomic mass is 10.2. The summed E-state index contributed by atoms with van der Waals surface area (Å²) in [7, 11) is 0. The molecule has 0 bridgehead atoms. The second-order valence-corrected chi connectivity index (χ2v) is 5.69. The van der Waals surface area contributed by atoms with Gasteiger partial charge in [0.2, 0.25) is 0 Å². The molecule has 4 heteroatoms. The van der Waals surface area contributed by atoms with Crippen molar-refractivity contribution in [1.82, 2.24) is 15.5 Å². The van der Waals surface area contributed by atoms with Gasteiger partial charge in [-0.1, -0.05) is 20.8 Å². The molecule has 0 radical (unpaired) electrons. The quantitative estimate of drug-likeness (QED) is 0.711. The third kappa shape index (κ3) is 5.56. The summed E-state index contributed by atoms with van der Waals surface area (Å²) in [6.45, 7) is 8.83. The molecule has 92 valence electrons. The molecule has 0 aliphatic heterocycles. The Bertz CT molecular complexity index is 284. The molecule has 16 heavy (non-hydrogen) atoms. The molecule has 1 N–H and O–H groups in total. The van der Waals surface area contributed by atoms with Crippen molar-refractivity contribution in [3.8, 4) is 0 Å². The van der Waals surface area contributed by atoms with Gasteiger partial charge < -0.3 is 5.32 Å². The lowest BCUT2D eigenvalue weighted by Crippen LogP contribution is -2.21. The minimum atomic E-state index is 0.734. The van der Waals surface area contributed by atoms with E-state index in [2.05, 4.69) is 36.3 Å². The zero-order chi connectivity index (χ0) is 11.8. The van der Waals surface area contributed by atoms with Gasteiger partial charge >= 0.3 is 0 Å². The van der Waals surface area contributed by atoms with E-state index in [0.29, 0.717) is 0 Å². The van der Waals surface area contributed by atoms with E-state index < -0.39 is 0 Å². The highest BCUT2D eigenvalue weighted by Gasteiger charge is 2.02. The molecule has 0 saturated heterocycles. The highest BCUT2D eigenvalue weighted by molar-refractivity contribution is 7.11. The first-order chi connectivity index (χ1) is 7.72. The van der Waals surface area contributed by atoms with E-state index in [-0.39, 0.29) is 0 Å². The van der Waals surface area contributed by atoms with Crippen LogP contribution in [0.4, 0.5) is 0 Å². The molecule has 0 aromatic carbocycles. The molecule has 0 saturated carbocycles. The molecule has 1 aromatic heterocycles. The number of nitrogens with zero attached hydrogens (tertiary/aromatic N) is 2. The summed E-state index contributed by atoms with van der Waals surface area (Å²) in [5.74, 6) is 0.734. The number of nitrogens with one attached hydrogen (secondary N) is 1. The molecular weight excluding hydrogens is 218 g/mol. The highest BCUT2D eigenvalue weighted by atomic mass is 32.1. The Morgan fingerprint density at radius 1 is 1.19 bits per heavy atom. The van der Waals surface area contributed by atoms with Crippen LogP contribution in [0.1, 0.15) is 43.6 Å². The summed E-state index contributed by atoms with van der Waals surface area (Å²) in [4.78, 5) is 0. The van der Waals surface area contributed by atoms with Crippen LogP contribution in [0.15, 0.2) is 0 Å². The number of hydrogen-bond donors (Lipinski definition) is 1. The normalized spacial score (nSPS) is 11.2. The van der Waals surface area contributed by atoms with E-state index in [1.807, 2.05) is 0 Å². The fraction of sp³-hybridized carbons (Fsp3) is 0.833. The summed E-state index contributed by atoms with van der Waals surface area (Å²) in [5.41, 5.74) is 0. The molecule has 1 aromatic rings. The van der Waals surface area contributed by atoms with Crippen molar-refractivity contribution in [2.45, 2.75) is 46.5 Å². The van der Waals surface area contributed by atoms with Crippen LogP contribution in [-0.4, -0.2) is 23.3 Å². The first kappa shape index (κ1) is 13.6. The van der Waals surface area contributed by atoms with E-state index in [1.54, 1.807) is 11.3 Å². The standard InChI is InChI=1S/C12H23N3S/c1-4-6-11-14-15-12(16-11)7-5-8-13-9-10(2)3/h10,13H,4-9H2,1-3H3. The van der Waals surface area contributed by atoms with Gasteiger partial charge in [0.25, 0.3) is 0 Å². The van der Waals surface area contributed by atoms with Crippen molar-refractivity contribution >= 4 is 11.3 Å². The minimum Gasteiger partial charge on any atom is -0.316 e. The van der Waals surface area contributed by atoms with E-state index in [0.717, 1.165) is 44.7 Å². The van der Waals surface area contributed by atoms with E-state index in [4.69, 9.17) is 0 Å². The van der Waals surface area contributed by atoms with Crippen molar-refractivity contribution in [3.63, 3.8) is 0 Å². The van der Waals surface area contributed by atoms with Gasteiger partial charge in [-0.25, -0.2) is 0 Å². The van der Waals surface area contributed by atoms with Crippen LogP contribution in [-0.2, 0) is 12.8 Å². The highest BCUT2D eigenvalue weighted by Crippen LogP contribution is 2.12. The molecule has 0 amide bonds. The van der Waals surface area contributed by atoms with Crippen LogP contribution in [0.2, 0.25) is 0 Å². The second-order valence-electron chi connectivity index (χ2n) is 4.54. The van der Waals surface area contributed by atoms with Crippen LogP contribution in [0.5, 0.6) is 0 Å². The Morgan fingerprint density at radius 2 is 1.88 bits per heavy atom. The summed E-state index contributed by atoms with van der Waals surface area (Å²) < 4.78 is 0. The lowest BCUT2D eigenvalue weighted by Gasteiger charge is -2.05. The largest absolute Gasteiger partial charge is 0.316 e. The van der Waals surface area contributed by atoms with Gasteiger partial charge in [0.1, 0.15) is 10.0 Å². The van der Waals surface area contributed by atoms with Crippen LogP contribution < -0.4 is 5.32 Å². The van der Waals surface area contributed by atoms with Crippen molar-refractivity contribution in [3.05, 3.63) is 10.0 Å². The van der Waals surface area contributed by atoms with Gasteiger partial charge in [0.05, 0.1) is 0 Å². The summed E-state index contributed by atoms with van der Waals surface area (Å²) in [5, 5.41) is 14.2. The molecule has 1 rings (SSSR count). The Hall–Kier alpha value is -0.480. The number of aromatic nitrogens is 2. The average molecular weight is 241 g/mol. The SMILES string of the molecule is CCCc1nnc(CCCNCC(C)C)s1. The zero-order valence-corrected chi connectivity index (χ0v) is 11.4. The van der Waals surface area contributed by atoms with E-state index >= 15 is 0 Å². The van der Waals surface area contributed by atoms with Gasteiger partial charge in [0, 0.05) is 12.8 Å². The van der Waals surface area contributed by atoms with Gasteiger partial charge in [-0.05, 0) is 31.8 Å². The van der Waals surface area contributed by atoms with Gasteiger partial charge in [-0.3, -0.25) is 0 Å². The molecule has 1 heterocycles. The Balaban J connectivity index is 2.12. The third-order valence-corrected chi connectivity index (χ3v) is 3.31. The molecule has 3 nitrogen and oxygen atoms in total. The predicted molar refractivity (Wildman–Crippen MR) is 69.9 cm³/mol. The maximum Gasteiger partial charge on any atom is 0.117 e. The topological polar surface area (TPSA) is 37.8 Å². The fourth-order valence-electron chi connectivity index (χ4n) is 1.46. The van der Waals surface area contributed by atoms with Crippen LogP contribution in [0.25, 0.3) is 0 Å². The molecule has 0 aliphatic carbocycles. The first-order valence-corrected chi connectivity index (χ1v) is 7.06. The molecule has 0 fully saturated rings. The van der Waals surface area contributed by atoms with Gasteiger partial charge in [-0.15, -0.1) is 21.5 Å². The Morgan fingerprint density at radius 3 is 2.50 bits per heavy atom. The lowest BCUT2D eigenvalue weighted by molar-refractivity contribution is 0.542. The third-order valence-electron chi connectivity index (χ3n) is 2.27. The molecule has 0 spiro atoms. The minimum absolute atomic E-state index is 0.734. The summed E-state index contributed by atoms with van der Waals surface area (Å²) in [6.07, 6.45) is 4.45. The van der Waals surface area contributed by atoms with Crippen molar-refractivity contribution < 1.29 is 0 Å². The smallest absolute Gasteiger partial charge is 0.117 e. The molecule has 0 aliphatic rings. The number of aryl methyl sites for hydroxylation is 2. The van der Waals surface area contributed by atoms with Crippen molar-refractivity contribution in [2.75, 3.05) is 13.1 Å². The summed E-state index contributed by atoms with van der Waals surface area (Å²) >= 11 is 1.77. The summed E-state index contributed by atoms with van der Waals surface area (Å²) in [6, 6.07) is 0. The number of hydrogen-bond acceptors (Lipinski definition) is 4. The Kier molecular flexibility index (Phi) is 6.57. The number of rotatable bonds is 8. The second kappa shape index (κ2) is 7.74. The van der Waals surface area contributed by atoms with E-state index in [1.165, 1.54) is 10.0 Å². The molecular formula is C12H23N3S. The fourth-order valence-corrected chi connectivity index (χ4v) is 2.45.